The summed E-state index contributed by atoms with van der Waals surface area (Å²) in [5.41, 5.74) is 0.0867. The number of sulfonamides is 1. The van der Waals surface area contributed by atoms with Crippen molar-refractivity contribution in [2.24, 2.45) is 5.92 Å². The Balaban J connectivity index is 1.60. The van der Waals surface area contributed by atoms with Crippen molar-refractivity contribution in [1.29, 1.82) is 0 Å². The van der Waals surface area contributed by atoms with Crippen molar-refractivity contribution >= 4 is 38.9 Å². The number of amides is 1. The molecule has 1 aliphatic heterocycles. The normalized spacial score (nSPS) is 15.7. The van der Waals surface area contributed by atoms with Crippen LogP contribution in [-0.4, -0.2) is 36.6 Å². The molecule has 0 aromatic heterocycles. The van der Waals surface area contributed by atoms with E-state index in [0.717, 1.165) is 6.07 Å². The van der Waals surface area contributed by atoms with Crippen molar-refractivity contribution in [2.45, 2.75) is 18.6 Å². The maximum atomic E-state index is 13.9. The highest BCUT2D eigenvalue weighted by molar-refractivity contribution is 7.88. The van der Waals surface area contributed by atoms with Crippen LogP contribution in [0.1, 0.15) is 18.4 Å². The van der Waals surface area contributed by atoms with Gasteiger partial charge in [0, 0.05) is 47.4 Å². The van der Waals surface area contributed by atoms with E-state index in [1.165, 1.54) is 34.6 Å². The summed E-state index contributed by atoms with van der Waals surface area (Å²) in [6, 6.07) is 9.58. The molecule has 1 N–H and O–H groups in total. The molecule has 1 heterocycles. The van der Waals surface area contributed by atoms with Crippen LogP contribution in [0.25, 0.3) is 0 Å². The second-order valence-electron chi connectivity index (χ2n) is 6.93. The van der Waals surface area contributed by atoms with Gasteiger partial charge >= 0.3 is 0 Å². The first-order valence-electron chi connectivity index (χ1n) is 9.13. The van der Waals surface area contributed by atoms with Crippen LogP contribution in [0.4, 0.5) is 15.8 Å². The largest absolute Gasteiger partial charge is 0.326 e. The third-order valence-corrected chi connectivity index (χ3v) is 7.09. The molecule has 160 valence electrons. The minimum absolute atomic E-state index is 0.0461. The number of piperidine rings is 1. The zero-order chi connectivity index (χ0) is 21.9. The standard InChI is InChI=1S/C19H19ClFN3O5S/c20-17-5-2-6-18(21)16(17)12-30(28,29)23-9-7-13(8-10-23)19(25)22-14-3-1-4-15(11-14)24(26)27/h1-6,11,13H,7-10,12H2,(H,22,25). The van der Waals surface area contributed by atoms with Gasteiger partial charge in [0.25, 0.3) is 5.69 Å². The number of anilines is 1. The van der Waals surface area contributed by atoms with E-state index >= 15 is 0 Å². The number of carbonyl (C=O) groups excluding carboxylic acids is 1. The number of nitro benzene ring substituents is 1. The number of nitrogens with zero attached hydrogens (tertiary/aromatic N) is 2. The maximum Gasteiger partial charge on any atom is 0.271 e. The van der Waals surface area contributed by atoms with Crippen molar-refractivity contribution in [2.75, 3.05) is 18.4 Å². The van der Waals surface area contributed by atoms with E-state index in [-0.39, 0.29) is 48.1 Å². The fraction of sp³-hybridized carbons (Fsp3) is 0.316. The molecule has 2 aromatic rings. The SMILES string of the molecule is O=C(Nc1cccc([N+](=O)[O-])c1)C1CCN(S(=O)(=O)Cc2c(F)cccc2Cl)CC1. The summed E-state index contributed by atoms with van der Waals surface area (Å²) < 4.78 is 40.5. The molecule has 11 heteroatoms. The average Bonchev–Trinajstić information content (AvgIpc) is 2.71. The Morgan fingerprint density at radius 2 is 1.90 bits per heavy atom. The van der Waals surface area contributed by atoms with E-state index < -0.39 is 32.4 Å². The van der Waals surface area contributed by atoms with E-state index in [1.807, 2.05) is 0 Å². The van der Waals surface area contributed by atoms with Gasteiger partial charge in [-0.1, -0.05) is 23.7 Å². The van der Waals surface area contributed by atoms with E-state index in [0.29, 0.717) is 5.69 Å². The molecule has 1 fully saturated rings. The Kier molecular flexibility index (Phi) is 6.69. The van der Waals surface area contributed by atoms with Gasteiger partial charge in [0.15, 0.2) is 0 Å². The number of halogens is 2. The number of hydrogen-bond donors (Lipinski definition) is 1. The third-order valence-electron chi connectivity index (χ3n) is 4.93. The molecule has 3 rings (SSSR count). The summed E-state index contributed by atoms with van der Waals surface area (Å²) in [5, 5.41) is 13.5. The summed E-state index contributed by atoms with van der Waals surface area (Å²) in [7, 11) is -3.80. The number of nitrogens with one attached hydrogen (secondary N) is 1. The Morgan fingerprint density at radius 3 is 2.53 bits per heavy atom. The van der Waals surface area contributed by atoms with Gasteiger partial charge in [0.05, 0.1) is 10.7 Å². The summed E-state index contributed by atoms with van der Waals surface area (Å²) in [6.07, 6.45) is 0.565. The molecule has 0 spiro atoms. The van der Waals surface area contributed by atoms with Crippen LogP contribution in [0.3, 0.4) is 0 Å². The topological polar surface area (TPSA) is 110 Å². The monoisotopic (exact) mass is 455 g/mol. The molecule has 8 nitrogen and oxygen atoms in total. The van der Waals surface area contributed by atoms with Crippen LogP contribution in [0.2, 0.25) is 5.02 Å². The number of carbonyl (C=O) groups is 1. The maximum absolute atomic E-state index is 13.9. The van der Waals surface area contributed by atoms with Gasteiger partial charge in [-0.15, -0.1) is 0 Å². The first kappa shape index (κ1) is 22.1. The number of nitro groups is 1. The van der Waals surface area contributed by atoms with Crippen molar-refractivity contribution in [1.82, 2.24) is 4.31 Å². The molecular formula is C19H19ClFN3O5S. The highest BCUT2D eigenvalue weighted by atomic mass is 35.5. The van der Waals surface area contributed by atoms with Crippen molar-refractivity contribution in [3.8, 4) is 0 Å². The Hall–Kier alpha value is -2.56. The van der Waals surface area contributed by atoms with Crippen LogP contribution in [0.5, 0.6) is 0 Å². The van der Waals surface area contributed by atoms with Gasteiger partial charge in [0.1, 0.15) is 5.82 Å². The van der Waals surface area contributed by atoms with E-state index in [1.54, 1.807) is 6.07 Å². The molecular weight excluding hydrogens is 437 g/mol. The molecule has 0 aliphatic carbocycles. The number of hydrogen-bond acceptors (Lipinski definition) is 5. The highest BCUT2D eigenvalue weighted by Gasteiger charge is 2.32. The molecule has 0 saturated carbocycles. The molecule has 1 saturated heterocycles. The lowest BCUT2D eigenvalue weighted by atomic mass is 9.97. The molecule has 0 unspecified atom stereocenters. The minimum Gasteiger partial charge on any atom is -0.326 e. The van der Waals surface area contributed by atoms with Crippen LogP contribution in [-0.2, 0) is 20.6 Å². The summed E-state index contributed by atoms with van der Waals surface area (Å²) in [4.78, 5) is 22.8. The minimum atomic E-state index is -3.80. The molecule has 0 atom stereocenters. The van der Waals surface area contributed by atoms with E-state index in [2.05, 4.69) is 5.32 Å². The summed E-state index contributed by atoms with van der Waals surface area (Å²) in [6.45, 7) is 0.225. The van der Waals surface area contributed by atoms with Crippen LogP contribution < -0.4 is 5.32 Å². The molecule has 0 radical (unpaired) electrons. The Morgan fingerprint density at radius 1 is 1.23 bits per heavy atom. The van der Waals surface area contributed by atoms with Crippen LogP contribution in [0.15, 0.2) is 42.5 Å². The first-order valence-corrected chi connectivity index (χ1v) is 11.1. The lowest BCUT2D eigenvalue weighted by molar-refractivity contribution is -0.384. The van der Waals surface area contributed by atoms with Gasteiger partial charge in [-0.3, -0.25) is 14.9 Å². The number of benzene rings is 2. The molecule has 1 amide bonds. The predicted molar refractivity (Wildman–Crippen MR) is 110 cm³/mol. The predicted octanol–water partition coefficient (Wildman–Crippen LogP) is 3.57. The van der Waals surface area contributed by atoms with E-state index in [4.69, 9.17) is 11.6 Å². The lowest BCUT2D eigenvalue weighted by Crippen LogP contribution is -2.42. The first-order chi connectivity index (χ1) is 14.2. The highest BCUT2D eigenvalue weighted by Crippen LogP contribution is 2.27. The third kappa shape index (κ3) is 5.13. The molecule has 2 aromatic carbocycles. The summed E-state index contributed by atoms with van der Waals surface area (Å²) in [5.74, 6) is -2.00. The van der Waals surface area contributed by atoms with E-state index in [9.17, 15) is 27.7 Å². The quantitative estimate of drug-likeness (QED) is 0.529. The number of non-ortho nitro benzene ring substituents is 1. The van der Waals surface area contributed by atoms with Gasteiger partial charge in [-0.25, -0.2) is 17.1 Å². The van der Waals surface area contributed by atoms with Crippen LogP contribution in [0, 0.1) is 21.8 Å². The van der Waals surface area contributed by atoms with Crippen molar-refractivity contribution < 1.29 is 22.5 Å². The fourth-order valence-electron chi connectivity index (χ4n) is 3.28. The zero-order valence-corrected chi connectivity index (χ0v) is 17.3. The molecule has 0 bridgehead atoms. The van der Waals surface area contributed by atoms with Crippen molar-refractivity contribution in [3.05, 3.63) is 69.0 Å². The van der Waals surface area contributed by atoms with Crippen molar-refractivity contribution in [3.63, 3.8) is 0 Å². The smallest absolute Gasteiger partial charge is 0.271 e. The fourth-order valence-corrected chi connectivity index (χ4v) is 5.20. The zero-order valence-electron chi connectivity index (χ0n) is 15.8. The van der Waals surface area contributed by atoms with Crippen LogP contribution >= 0.6 is 11.6 Å². The number of rotatable bonds is 6. The second kappa shape index (κ2) is 9.07. The Bertz CT molecular complexity index is 1050. The average molecular weight is 456 g/mol. The second-order valence-corrected chi connectivity index (χ2v) is 9.30. The summed E-state index contributed by atoms with van der Waals surface area (Å²) >= 11 is 5.93. The van der Waals surface area contributed by atoms with Gasteiger partial charge < -0.3 is 5.32 Å². The van der Waals surface area contributed by atoms with Gasteiger partial charge in [-0.05, 0) is 31.0 Å². The molecule has 30 heavy (non-hydrogen) atoms. The van der Waals surface area contributed by atoms with Gasteiger partial charge in [-0.2, -0.15) is 0 Å². The van der Waals surface area contributed by atoms with Gasteiger partial charge in [0.2, 0.25) is 15.9 Å². The molecule has 1 aliphatic rings. The Labute approximate surface area is 177 Å². The lowest BCUT2D eigenvalue weighted by Gasteiger charge is -2.30.